The first-order valence-electron chi connectivity index (χ1n) is 5.95. The second kappa shape index (κ2) is 4.70. The Morgan fingerprint density at radius 1 is 1.12 bits per heavy atom. The second-order valence-electron chi connectivity index (χ2n) is 4.46. The van der Waals surface area contributed by atoms with Crippen LogP contribution in [0.2, 0.25) is 0 Å². The Labute approximate surface area is 101 Å². The molecule has 1 aliphatic rings. The smallest absolute Gasteiger partial charge is 0.317 e. The number of hydrogen-bond acceptors (Lipinski definition) is 3. The van der Waals surface area contributed by atoms with Crippen LogP contribution in [0, 0.1) is 11.8 Å². The van der Waals surface area contributed by atoms with E-state index in [1.54, 1.807) is 6.92 Å². The van der Waals surface area contributed by atoms with Crippen LogP contribution >= 0.6 is 0 Å². The Morgan fingerprint density at radius 2 is 1.76 bits per heavy atom. The van der Waals surface area contributed by atoms with Gasteiger partial charge in [-0.15, -0.1) is 0 Å². The maximum atomic E-state index is 11.6. The van der Waals surface area contributed by atoms with Gasteiger partial charge in [0.2, 0.25) is 0 Å². The number of esters is 2. The number of rotatable bonds is 3. The van der Waals surface area contributed by atoms with E-state index in [1.165, 1.54) is 5.56 Å². The molecule has 2 unspecified atom stereocenters. The summed E-state index contributed by atoms with van der Waals surface area (Å²) in [7, 11) is 0. The Hall–Kier alpha value is -1.64. The zero-order valence-corrected chi connectivity index (χ0v) is 10.1. The van der Waals surface area contributed by atoms with Gasteiger partial charge in [0.1, 0.15) is 0 Å². The minimum atomic E-state index is -0.394. The number of ether oxygens (including phenoxy) is 1. The van der Waals surface area contributed by atoms with Crippen LogP contribution in [0.25, 0.3) is 0 Å². The van der Waals surface area contributed by atoms with Crippen LogP contribution in [-0.4, -0.2) is 11.9 Å². The molecule has 90 valence electrons. The molecule has 0 aliphatic carbocycles. The van der Waals surface area contributed by atoms with Crippen molar-refractivity contribution < 1.29 is 14.3 Å². The predicted octanol–water partition coefficient (Wildman–Crippen LogP) is 2.13. The first-order valence-corrected chi connectivity index (χ1v) is 5.95. The van der Waals surface area contributed by atoms with E-state index in [2.05, 4.69) is 17.7 Å². The van der Waals surface area contributed by atoms with E-state index in [4.69, 9.17) is 0 Å². The van der Waals surface area contributed by atoms with Crippen LogP contribution in [0.5, 0.6) is 0 Å². The van der Waals surface area contributed by atoms with Crippen molar-refractivity contribution in [3.63, 3.8) is 0 Å². The van der Waals surface area contributed by atoms with Crippen LogP contribution in [-0.2, 0) is 27.2 Å². The average Bonchev–Trinajstić information content (AvgIpc) is 2.57. The lowest BCUT2D eigenvalue weighted by atomic mass is 9.88. The van der Waals surface area contributed by atoms with E-state index in [0.29, 0.717) is 6.42 Å². The molecule has 1 aliphatic heterocycles. The number of hydrogen-bond donors (Lipinski definition) is 0. The molecular weight excluding hydrogens is 216 g/mol. The van der Waals surface area contributed by atoms with Crippen molar-refractivity contribution in [3.05, 3.63) is 35.4 Å². The van der Waals surface area contributed by atoms with Gasteiger partial charge >= 0.3 is 11.9 Å². The Bertz CT molecular complexity index is 451. The molecule has 17 heavy (non-hydrogen) atoms. The summed E-state index contributed by atoms with van der Waals surface area (Å²) in [6.07, 6.45) is 1.52. The Balaban J connectivity index is 2.21. The Morgan fingerprint density at radius 3 is 2.29 bits per heavy atom. The highest BCUT2D eigenvalue weighted by Crippen LogP contribution is 2.27. The van der Waals surface area contributed by atoms with Crippen molar-refractivity contribution >= 4 is 11.9 Å². The third-order valence-electron chi connectivity index (χ3n) is 3.42. The molecule has 0 aromatic heterocycles. The number of cyclic esters (lactones) is 2. The molecule has 2 rings (SSSR count). The van der Waals surface area contributed by atoms with E-state index < -0.39 is 5.97 Å². The maximum absolute atomic E-state index is 11.6. The Kier molecular flexibility index (Phi) is 3.27. The highest BCUT2D eigenvalue weighted by atomic mass is 16.6. The van der Waals surface area contributed by atoms with Gasteiger partial charge in [-0.3, -0.25) is 9.59 Å². The minimum absolute atomic E-state index is 0.324. The van der Waals surface area contributed by atoms with Gasteiger partial charge in [-0.2, -0.15) is 0 Å². The van der Waals surface area contributed by atoms with E-state index in [1.807, 2.05) is 18.2 Å². The molecule has 3 heteroatoms. The first kappa shape index (κ1) is 11.8. The van der Waals surface area contributed by atoms with Crippen molar-refractivity contribution in [1.82, 2.24) is 0 Å². The number of benzene rings is 1. The standard InChI is InChI=1S/C14H16O3/c1-3-10-6-4-5-7-11(10)8-12-9(2)13(15)17-14(12)16/h4-7,9,12H,3,8H2,1-2H3. The summed E-state index contributed by atoms with van der Waals surface area (Å²) in [4.78, 5) is 22.9. The van der Waals surface area contributed by atoms with Gasteiger partial charge < -0.3 is 4.74 Å². The van der Waals surface area contributed by atoms with Crippen molar-refractivity contribution in [2.45, 2.75) is 26.7 Å². The third kappa shape index (κ3) is 2.23. The van der Waals surface area contributed by atoms with Crippen LogP contribution in [0.4, 0.5) is 0 Å². The fourth-order valence-electron chi connectivity index (χ4n) is 2.23. The average molecular weight is 232 g/mol. The summed E-state index contributed by atoms with van der Waals surface area (Å²) in [6.45, 7) is 3.84. The molecule has 0 saturated carbocycles. The molecule has 0 spiro atoms. The molecule has 1 aromatic carbocycles. The summed E-state index contributed by atoms with van der Waals surface area (Å²) in [6, 6.07) is 8.02. The van der Waals surface area contributed by atoms with E-state index in [-0.39, 0.29) is 17.8 Å². The summed E-state index contributed by atoms with van der Waals surface area (Å²) < 4.78 is 4.65. The normalized spacial score (nSPS) is 23.9. The molecule has 2 atom stereocenters. The summed E-state index contributed by atoms with van der Waals surface area (Å²) in [5, 5.41) is 0. The van der Waals surface area contributed by atoms with Gasteiger partial charge in [0, 0.05) is 0 Å². The lowest BCUT2D eigenvalue weighted by Crippen LogP contribution is -2.18. The van der Waals surface area contributed by atoms with Gasteiger partial charge in [-0.05, 0) is 24.0 Å². The molecule has 1 saturated heterocycles. The minimum Gasteiger partial charge on any atom is -0.393 e. The second-order valence-corrected chi connectivity index (χ2v) is 4.46. The van der Waals surface area contributed by atoms with E-state index >= 15 is 0 Å². The van der Waals surface area contributed by atoms with E-state index in [0.717, 1.165) is 12.0 Å². The van der Waals surface area contributed by atoms with Crippen LogP contribution < -0.4 is 0 Å². The van der Waals surface area contributed by atoms with E-state index in [9.17, 15) is 9.59 Å². The quantitative estimate of drug-likeness (QED) is 0.592. The summed E-state index contributed by atoms with van der Waals surface area (Å²) in [5.74, 6) is -1.43. The fourth-order valence-corrected chi connectivity index (χ4v) is 2.23. The van der Waals surface area contributed by atoms with Gasteiger partial charge in [0.05, 0.1) is 11.8 Å². The molecule has 1 heterocycles. The summed E-state index contributed by atoms with van der Waals surface area (Å²) >= 11 is 0. The van der Waals surface area contributed by atoms with Gasteiger partial charge in [0.15, 0.2) is 0 Å². The lowest BCUT2D eigenvalue weighted by Gasteiger charge is -2.12. The lowest BCUT2D eigenvalue weighted by molar-refractivity contribution is -0.153. The molecular formula is C14H16O3. The monoisotopic (exact) mass is 232 g/mol. The fraction of sp³-hybridized carbons (Fsp3) is 0.429. The highest BCUT2D eigenvalue weighted by molar-refractivity contribution is 5.96. The zero-order valence-electron chi connectivity index (χ0n) is 10.1. The van der Waals surface area contributed by atoms with Crippen molar-refractivity contribution in [1.29, 1.82) is 0 Å². The van der Waals surface area contributed by atoms with Crippen LogP contribution in [0.1, 0.15) is 25.0 Å². The molecule has 0 N–H and O–H groups in total. The van der Waals surface area contributed by atoms with Gasteiger partial charge in [0.25, 0.3) is 0 Å². The summed E-state index contributed by atoms with van der Waals surface area (Å²) in [5.41, 5.74) is 2.37. The molecule has 0 radical (unpaired) electrons. The number of carbonyl (C=O) groups is 2. The highest BCUT2D eigenvalue weighted by Gasteiger charge is 2.41. The van der Waals surface area contributed by atoms with Crippen molar-refractivity contribution in [2.75, 3.05) is 0 Å². The molecule has 1 fully saturated rings. The maximum Gasteiger partial charge on any atom is 0.317 e. The van der Waals surface area contributed by atoms with Crippen LogP contribution in [0.3, 0.4) is 0 Å². The molecule has 1 aromatic rings. The third-order valence-corrected chi connectivity index (χ3v) is 3.42. The predicted molar refractivity (Wildman–Crippen MR) is 63.3 cm³/mol. The zero-order chi connectivity index (χ0) is 12.4. The van der Waals surface area contributed by atoms with Crippen molar-refractivity contribution in [3.8, 4) is 0 Å². The first-order chi connectivity index (χ1) is 8.13. The van der Waals surface area contributed by atoms with Crippen LogP contribution in [0.15, 0.2) is 24.3 Å². The largest absolute Gasteiger partial charge is 0.393 e. The SMILES string of the molecule is CCc1ccccc1CC1C(=O)OC(=O)C1C. The number of carbonyl (C=O) groups excluding carboxylic acids is 2. The van der Waals surface area contributed by atoms with Gasteiger partial charge in [-0.1, -0.05) is 38.1 Å². The molecule has 0 bridgehead atoms. The van der Waals surface area contributed by atoms with Crippen molar-refractivity contribution in [2.24, 2.45) is 11.8 Å². The topological polar surface area (TPSA) is 43.4 Å². The molecule has 3 nitrogen and oxygen atoms in total. The number of aryl methyl sites for hydroxylation is 1. The van der Waals surface area contributed by atoms with Gasteiger partial charge in [-0.25, -0.2) is 0 Å². The molecule has 0 amide bonds.